The summed E-state index contributed by atoms with van der Waals surface area (Å²) in [6, 6.07) is 27.8. The van der Waals surface area contributed by atoms with Crippen LogP contribution in [0.3, 0.4) is 0 Å². The number of halogens is 1. The first-order chi connectivity index (χ1) is 16.5. The summed E-state index contributed by atoms with van der Waals surface area (Å²) in [5.41, 5.74) is 1.94. The van der Waals surface area contributed by atoms with E-state index >= 15 is 0 Å². The molecular weight excluding hydrogens is 510 g/mol. The highest BCUT2D eigenvalue weighted by molar-refractivity contribution is 9.10. The number of aromatic nitrogens is 1. The maximum absolute atomic E-state index is 13.4. The molecule has 0 fully saturated rings. The third-order valence-electron chi connectivity index (χ3n) is 5.18. The molecule has 34 heavy (non-hydrogen) atoms. The molecule has 0 bridgehead atoms. The van der Waals surface area contributed by atoms with Gasteiger partial charge < -0.3 is 5.32 Å². The molecule has 5 nitrogen and oxygen atoms in total. The van der Waals surface area contributed by atoms with E-state index in [2.05, 4.69) is 21.2 Å². The number of hydrogen-bond donors (Lipinski definition) is 1. The van der Waals surface area contributed by atoms with Crippen LogP contribution in [0.1, 0.15) is 24.1 Å². The highest BCUT2D eigenvalue weighted by atomic mass is 79.9. The normalized spacial score (nSPS) is 13.1. The maximum atomic E-state index is 13.4. The largest absolute Gasteiger partial charge is 0.345 e. The predicted octanol–water partition coefficient (Wildman–Crippen LogP) is 4.04. The van der Waals surface area contributed by atoms with Crippen LogP contribution < -0.4 is 20.1 Å². The fraction of sp³-hybridized carbons (Fsp3) is 0.0741. The van der Waals surface area contributed by atoms with Crippen molar-refractivity contribution in [3.8, 4) is 11.8 Å². The highest BCUT2D eigenvalue weighted by Gasteiger charge is 2.19. The van der Waals surface area contributed by atoms with E-state index in [0.717, 1.165) is 26.9 Å². The van der Waals surface area contributed by atoms with Gasteiger partial charge in [-0.05, 0) is 48.4 Å². The standard InChI is InChI=1S/C27H20BrN3O2S/c1-18(20-10-4-2-5-11-20)30-25(32)23(17-29)27-31(22-13-6-3-7-14-22)26(33)24(34-27)16-19-9-8-12-21(28)15-19/h2-16,18H,1H3,(H,30,32)/b24-16+,27-23+. The number of amides is 1. The van der Waals surface area contributed by atoms with Gasteiger partial charge in [0.2, 0.25) is 0 Å². The van der Waals surface area contributed by atoms with E-state index in [0.29, 0.717) is 10.2 Å². The summed E-state index contributed by atoms with van der Waals surface area (Å²) in [6.45, 7) is 1.85. The highest BCUT2D eigenvalue weighted by Crippen LogP contribution is 2.13. The lowest BCUT2D eigenvalue weighted by Gasteiger charge is -2.13. The van der Waals surface area contributed by atoms with Gasteiger partial charge in [0.15, 0.2) is 5.57 Å². The predicted molar refractivity (Wildman–Crippen MR) is 139 cm³/mol. The van der Waals surface area contributed by atoms with E-state index in [4.69, 9.17) is 0 Å². The number of benzene rings is 3. The first kappa shape index (κ1) is 23.4. The van der Waals surface area contributed by atoms with E-state index < -0.39 is 5.91 Å². The van der Waals surface area contributed by atoms with Crippen molar-refractivity contribution in [1.82, 2.24) is 9.88 Å². The molecule has 1 amide bonds. The Kier molecular flexibility index (Phi) is 7.21. The lowest BCUT2D eigenvalue weighted by Crippen LogP contribution is -2.34. The molecule has 4 rings (SSSR count). The van der Waals surface area contributed by atoms with Crippen molar-refractivity contribution < 1.29 is 4.79 Å². The average molecular weight is 530 g/mol. The van der Waals surface area contributed by atoms with E-state index in [1.807, 2.05) is 85.8 Å². The molecule has 1 atom stereocenters. The van der Waals surface area contributed by atoms with Crippen LogP contribution in [0.5, 0.6) is 0 Å². The van der Waals surface area contributed by atoms with Crippen LogP contribution in [0.15, 0.2) is 94.2 Å². The number of nitrogens with one attached hydrogen (secondary N) is 1. The Morgan fingerprint density at radius 2 is 1.74 bits per heavy atom. The van der Waals surface area contributed by atoms with Crippen LogP contribution >= 0.6 is 27.3 Å². The molecule has 1 N–H and O–H groups in total. The van der Waals surface area contributed by atoms with Crippen molar-refractivity contribution in [1.29, 1.82) is 5.26 Å². The minimum absolute atomic E-state index is 0.109. The number of hydrogen-bond acceptors (Lipinski definition) is 4. The van der Waals surface area contributed by atoms with Crippen molar-refractivity contribution in [2.45, 2.75) is 13.0 Å². The Bertz CT molecular complexity index is 1550. The van der Waals surface area contributed by atoms with Crippen LogP contribution in [0, 0.1) is 11.3 Å². The molecule has 0 saturated heterocycles. The smallest absolute Gasteiger partial charge is 0.273 e. The van der Waals surface area contributed by atoms with Crippen molar-refractivity contribution in [2.75, 3.05) is 0 Å². The fourth-order valence-electron chi connectivity index (χ4n) is 3.50. The third-order valence-corrected chi connectivity index (χ3v) is 6.77. The van der Waals surface area contributed by atoms with Gasteiger partial charge in [0.1, 0.15) is 10.7 Å². The zero-order valence-corrected chi connectivity index (χ0v) is 20.6. The van der Waals surface area contributed by atoms with Crippen molar-refractivity contribution in [2.24, 2.45) is 0 Å². The molecule has 0 saturated carbocycles. The molecule has 0 radical (unpaired) electrons. The summed E-state index contributed by atoms with van der Waals surface area (Å²) < 4.78 is 3.03. The Hall–Kier alpha value is -3.73. The molecule has 1 aromatic heterocycles. The van der Waals surface area contributed by atoms with Gasteiger partial charge >= 0.3 is 0 Å². The third kappa shape index (κ3) is 5.09. The van der Waals surface area contributed by atoms with E-state index in [9.17, 15) is 14.9 Å². The van der Waals surface area contributed by atoms with Crippen molar-refractivity contribution in [3.05, 3.63) is 120 Å². The molecule has 4 aromatic rings. The zero-order valence-electron chi connectivity index (χ0n) is 18.2. The van der Waals surface area contributed by atoms with Crippen LogP contribution in [0.25, 0.3) is 17.3 Å². The minimum Gasteiger partial charge on any atom is -0.345 e. The Balaban J connectivity index is 1.90. The Morgan fingerprint density at radius 1 is 1.06 bits per heavy atom. The zero-order chi connectivity index (χ0) is 24.1. The first-order valence-electron chi connectivity index (χ1n) is 10.5. The second-order valence-electron chi connectivity index (χ2n) is 7.54. The van der Waals surface area contributed by atoms with Crippen LogP contribution in [0.2, 0.25) is 0 Å². The quantitative estimate of drug-likeness (QED) is 0.423. The lowest BCUT2D eigenvalue weighted by molar-refractivity contribution is -0.116. The number of nitriles is 1. The summed E-state index contributed by atoms with van der Waals surface area (Å²) >= 11 is 4.57. The van der Waals surface area contributed by atoms with Gasteiger partial charge in [-0.1, -0.05) is 76.6 Å². The molecule has 7 heteroatoms. The number of carbonyl (C=O) groups excluding carboxylic acids is 1. The van der Waals surface area contributed by atoms with Crippen LogP contribution in [0.4, 0.5) is 0 Å². The molecule has 0 aliphatic carbocycles. The van der Waals surface area contributed by atoms with Gasteiger partial charge in [-0.2, -0.15) is 5.26 Å². The van der Waals surface area contributed by atoms with Crippen molar-refractivity contribution >= 4 is 44.8 Å². The topological polar surface area (TPSA) is 74.9 Å². The second kappa shape index (κ2) is 10.5. The molecule has 0 aliphatic heterocycles. The Labute approximate surface area is 209 Å². The summed E-state index contributed by atoms with van der Waals surface area (Å²) in [6.07, 6.45) is 1.76. The van der Waals surface area contributed by atoms with Crippen molar-refractivity contribution in [3.63, 3.8) is 0 Å². The minimum atomic E-state index is -0.529. The summed E-state index contributed by atoms with van der Waals surface area (Å²) in [7, 11) is 0. The first-order valence-corrected chi connectivity index (χ1v) is 12.1. The molecule has 168 valence electrons. The lowest BCUT2D eigenvalue weighted by atomic mass is 10.1. The SMILES string of the molecule is CC(NC(=O)/C(C#N)=c1/s/c(=C/c2cccc(Br)c2)c(=O)n1-c1ccccc1)c1ccccc1. The van der Waals surface area contributed by atoms with E-state index in [-0.39, 0.29) is 21.8 Å². The average Bonchev–Trinajstić information content (AvgIpc) is 3.16. The van der Waals surface area contributed by atoms with Crippen LogP contribution in [-0.2, 0) is 4.79 Å². The molecule has 0 aliphatic rings. The van der Waals surface area contributed by atoms with E-state index in [1.165, 1.54) is 4.57 Å². The summed E-state index contributed by atoms with van der Waals surface area (Å²) in [5, 5.41) is 12.8. The van der Waals surface area contributed by atoms with Gasteiger partial charge in [0.05, 0.1) is 16.3 Å². The summed E-state index contributed by atoms with van der Waals surface area (Å²) in [4.78, 5) is 26.6. The number of carbonyl (C=O) groups is 1. The van der Waals surface area contributed by atoms with E-state index in [1.54, 1.807) is 18.2 Å². The van der Waals surface area contributed by atoms with Gasteiger partial charge in [-0.15, -0.1) is 11.3 Å². The van der Waals surface area contributed by atoms with Crippen LogP contribution in [-0.4, -0.2) is 10.5 Å². The number of nitrogens with zero attached hydrogens (tertiary/aromatic N) is 2. The Morgan fingerprint density at radius 3 is 2.38 bits per heavy atom. The number of rotatable bonds is 5. The second-order valence-corrected chi connectivity index (χ2v) is 9.49. The molecule has 1 heterocycles. The van der Waals surface area contributed by atoms with Gasteiger partial charge in [-0.3, -0.25) is 14.2 Å². The van der Waals surface area contributed by atoms with Gasteiger partial charge in [0.25, 0.3) is 11.5 Å². The summed E-state index contributed by atoms with van der Waals surface area (Å²) in [5.74, 6) is -0.529. The van der Waals surface area contributed by atoms with Gasteiger partial charge in [0, 0.05) is 4.47 Å². The molecule has 1 unspecified atom stereocenters. The number of thiazole rings is 1. The monoisotopic (exact) mass is 529 g/mol. The number of para-hydroxylation sites is 1. The fourth-order valence-corrected chi connectivity index (χ4v) is 5.02. The maximum Gasteiger partial charge on any atom is 0.273 e. The molecule has 0 spiro atoms. The van der Waals surface area contributed by atoms with Gasteiger partial charge in [-0.25, -0.2) is 0 Å². The molecular formula is C27H20BrN3O2S. The molecule has 3 aromatic carbocycles.